The number of hydrogen-bond acceptors (Lipinski definition) is 4. The van der Waals surface area contributed by atoms with Gasteiger partial charge in [0, 0.05) is 5.41 Å². The zero-order valence-electron chi connectivity index (χ0n) is 10.9. The molecule has 0 spiro atoms. The summed E-state index contributed by atoms with van der Waals surface area (Å²) in [5, 5.41) is 0. The summed E-state index contributed by atoms with van der Waals surface area (Å²) in [7, 11) is 0. The molecule has 0 fully saturated rings. The van der Waals surface area contributed by atoms with Crippen molar-refractivity contribution in [1.29, 1.82) is 0 Å². The molecule has 0 amide bonds. The third-order valence-corrected chi connectivity index (χ3v) is 2.78. The maximum Gasteiger partial charge on any atom is 0.376 e. The van der Waals surface area contributed by atoms with E-state index in [1.165, 1.54) is 0 Å². The van der Waals surface area contributed by atoms with Crippen LogP contribution in [0.4, 0.5) is 8.78 Å². The van der Waals surface area contributed by atoms with Gasteiger partial charge in [-0.1, -0.05) is 20.8 Å². The molecule has 0 aliphatic carbocycles. The highest BCUT2D eigenvalue weighted by molar-refractivity contribution is 5.87. The van der Waals surface area contributed by atoms with Crippen molar-refractivity contribution in [3.8, 4) is 0 Å². The zero-order chi connectivity index (χ0) is 13.9. The van der Waals surface area contributed by atoms with Crippen molar-refractivity contribution in [1.82, 2.24) is 4.98 Å². The van der Waals surface area contributed by atoms with E-state index in [1.54, 1.807) is 6.92 Å². The average Bonchev–Trinajstić information content (AvgIpc) is 2.75. The number of aromatic nitrogens is 1. The third kappa shape index (κ3) is 2.86. The third-order valence-electron chi connectivity index (χ3n) is 2.78. The first kappa shape index (κ1) is 14.6. The van der Waals surface area contributed by atoms with E-state index in [0.29, 0.717) is 6.42 Å². The van der Waals surface area contributed by atoms with Crippen LogP contribution in [-0.2, 0) is 10.2 Å². The maximum atomic E-state index is 12.8. The first-order chi connectivity index (χ1) is 8.33. The van der Waals surface area contributed by atoms with Crippen molar-refractivity contribution in [2.24, 2.45) is 0 Å². The molecule has 1 aromatic rings. The largest absolute Gasteiger partial charge is 0.460 e. The van der Waals surface area contributed by atoms with Gasteiger partial charge in [0.2, 0.25) is 11.7 Å². The molecule has 102 valence electrons. The topological polar surface area (TPSA) is 52.3 Å². The van der Waals surface area contributed by atoms with Crippen LogP contribution in [0.1, 0.15) is 62.7 Å². The van der Waals surface area contributed by atoms with Crippen molar-refractivity contribution in [2.75, 3.05) is 6.61 Å². The van der Waals surface area contributed by atoms with Crippen LogP contribution in [0.2, 0.25) is 0 Å². The van der Waals surface area contributed by atoms with E-state index in [9.17, 15) is 13.6 Å². The number of nitrogens with zero attached hydrogens (tertiary/aromatic N) is 1. The Labute approximate surface area is 104 Å². The number of hydrogen-bond donors (Lipinski definition) is 0. The van der Waals surface area contributed by atoms with Gasteiger partial charge in [-0.25, -0.2) is 18.6 Å². The lowest BCUT2D eigenvalue weighted by molar-refractivity contribution is 0.0472. The second-order valence-electron chi connectivity index (χ2n) is 4.49. The number of carbonyl (C=O) groups excluding carboxylic acids is 1. The lowest BCUT2D eigenvalue weighted by atomic mass is 9.90. The Kier molecular flexibility index (Phi) is 4.43. The molecule has 0 saturated heterocycles. The van der Waals surface area contributed by atoms with Gasteiger partial charge >= 0.3 is 5.97 Å². The van der Waals surface area contributed by atoms with Gasteiger partial charge in [-0.15, -0.1) is 0 Å². The van der Waals surface area contributed by atoms with Gasteiger partial charge in [-0.2, -0.15) is 0 Å². The second-order valence-corrected chi connectivity index (χ2v) is 4.49. The van der Waals surface area contributed by atoms with Crippen molar-refractivity contribution in [2.45, 2.75) is 46.0 Å². The Hall–Kier alpha value is -1.46. The molecule has 1 aromatic heterocycles. The van der Waals surface area contributed by atoms with Gasteiger partial charge < -0.3 is 9.15 Å². The van der Waals surface area contributed by atoms with Gasteiger partial charge in [0.15, 0.2) is 5.69 Å². The summed E-state index contributed by atoms with van der Waals surface area (Å²) >= 11 is 0. The molecule has 0 aliphatic heterocycles. The van der Waals surface area contributed by atoms with Crippen LogP contribution in [0, 0.1) is 0 Å². The number of alkyl halides is 2. The van der Waals surface area contributed by atoms with Crippen LogP contribution < -0.4 is 0 Å². The molecule has 0 N–H and O–H groups in total. The fraction of sp³-hybridized carbons (Fsp3) is 0.667. The lowest BCUT2D eigenvalue weighted by Crippen LogP contribution is -2.15. The molecule has 6 heteroatoms. The summed E-state index contributed by atoms with van der Waals surface area (Å²) in [4.78, 5) is 15.2. The fourth-order valence-corrected chi connectivity index (χ4v) is 1.26. The highest BCUT2D eigenvalue weighted by Gasteiger charge is 2.32. The van der Waals surface area contributed by atoms with Crippen molar-refractivity contribution < 1.29 is 22.7 Å². The van der Waals surface area contributed by atoms with Crippen molar-refractivity contribution in [3.63, 3.8) is 0 Å². The Morgan fingerprint density at radius 3 is 2.50 bits per heavy atom. The van der Waals surface area contributed by atoms with Gasteiger partial charge in [0.25, 0.3) is 6.43 Å². The molecule has 18 heavy (non-hydrogen) atoms. The standard InChI is InChI=1S/C12H17F2NO3/c1-5-12(3,4)11-15-7(9(13)14)8(18-11)10(16)17-6-2/h9H,5-6H2,1-4H3. The van der Waals surface area contributed by atoms with Crippen LogP contribution >= 0.6 is 0 Å². The molecule has 0 saturated carbocycles. The van der Waals surface area contributed by atoms with Crippen LogP contribution in [0.25, 0.3) is 0 Å². The minimum absolute atomic E-state index is 0.0920. The highest BCUT2D eigenvalue weighted by atomic mass is 19.3. The Morgan fingerprint density at radius 1 is 1.44 bits per heavy atom. The molecular weight excluding hydrogens is 244 g/mol. The van der Waals surface area contributed by atoms with E-state index in [0.717, 1.165) is 0 Å². The Balaban J connectivity index is 3.21. The quantitative estimate of drug-likeness (QED) is 0.761. The first-order valence-electron chi connectivity index (χ1n) is 5.80. The molecule has 0 aliphatic rings. The SMILES string of the molecule is CCOC(=O)c1oc(C(C)(C)CC)nc1C(F)F. The van der Waals surface area contributed by atoms with E-state index in [2.05, 4.69) is 9.72 Å². The number of esters is 1. The molecule has 0 radical (unpaired) electrons. The predicted octanol–water partition coefficient (Wildman–Crippen LogP) is 3.48. The van der Waals surface area contributed by atoms with Gasteiger partial charge in [0.1, 0.15) is 0 Å². The summed E-state index contributed by atoms with van der Waals surface area (Å²) in [5.41, 5.74) is -1.15. The fourth-order valence-electron chi connectivity index (χ4n) is 1.26. The molecule has 0 aromatic carbocycles. The van der Waals surface area contributed by atoms with Crippen molar-refractivity contribution in [3.05, 3.63) is 17.3 Å². The van der Waals surface area contributed by atoms with Crippen molar-refractivity contribution >= 4 is 5.97 Å². The number of ether oxygens (including phenoxy) is 1. The number of carbonyl (C=O) groups is 1. The van der Waals surface area contributed by atoms with Crippen LogP contribution in [-0.4, -0.2) is 17.6 Å². The molecule has 4 nitrogen and oxygen atoms in total. The van der Waals surface area contributed by atoms with Gasteiger partial charge in [0.05, 0.1) is 6.61 Å². The molecular formula is C12H17F2NO3. The van der Waals surface area contributed by atoms with E-state index >= 15 is 0 Å². The van der Waals surface area contributed by atoms with Gasteiger partial charge in [-0.05, 0) is 13.3 Å². The van der Waals surface area contributed by atoms with E-state index in [1.807, 2.05) is 20.8 Å². The number of halogens is 2. The first-order valence-corrected chi connectivity index (χ1v) is 5.80. The predicted molar refractivity (Wildman–Crippen MR) is 60.7 cm³/mol. The van der Waals surface area contributed by atoms with Crippen LogP contribution in [0.3, 0.4) is 0 Å². The zero-order valence-corrected chi connectivity index (χ0v) is 10.9. The molecule has 0 bridgehead atoms. The van der Waals surface area contributed by atoms with Crippen LogP contribution in [0.15, 0.2) is 4.42 Å². The molecule has 1 rings (SSSR count). The molecule has 1 heterocycles. The number of rotatable bonds is 5. The summed E-state index contributed by atoms with van der Waals surface area (Å²) in [6.45, 7) is 7.18. The summed E-state index contributed by atoms with van der Waals surface area (Å²) in [6.07, 6.45) is -2.21. The Bertz CT molecular complexity index is 427. The molecule has 0 atom stereocenters. The minimum Gasteiger partial charge on any atom is -0.460 e. The van der Waals surface area contributed by atoms with E-state index in [-0.39, 0.29) is 12.5 Å². The van der Waals surface area contributed by atoms with Crippen LogP contribution in [0.5, 0.6) is 0 Å². The average molecular weight is 261 g/mol. The lowest BCUT2D eigenvalue weighted by Gasteiger charge is -2.17. The summed E-state index contributed by atoms with van der Waals surface area (Å²) in [5.74, 6) is -1.27. The normalized spacial score (nSPS) is 11.9. The highest BCUT2D eigenvalue weighted by Crippen LogP contribution is 2.31. The summed E-state index contributed by atoms with van der Waals surface area (Å²) < 4.78 is 35.5. The monoisotopic (exact) mass is 261 g/mol. The van der Waals surface area contributed by atoms with E-state index in [4.69, 9.17) is 4.42 Å². The second kappa shape index (κ2) is 5.46. The maximum absolute atomic E-state index is 12.8. The summed E-state index contributed by atoms with van der Waals surface area (Å²) in [6, 6.07) is 0. The smallest absolute Gasteiger partial charge is 0.376 e. The van der Waals surface area contributed by atoms with E-state index < -0.39 is 29.3 Å². The molecule has 0 unspecified atom stereocenters. The Morgan fingerprint density at radius 2 is 2.06 bits per heavy atom. The van der Waals surface area contributed by atoms with Gasteiger partial charge in [-0.3, -0.25) is 0 Å². The minimum atomic E-state index is -2.87. The number of oxazole rings is 1.